The molecule has 0 aliphatic rings. The van der Waals surface area contributed by atoms with Crippen molar-refractivity contribution in [1.82, 2.24) is 10.6 Å². The molecule has 0 bridgehead atoms. The van der Waals surface area contributed by atoms with Gasteiger partial charge in [0.15, 0.2) is 0 Å². The van der Waals surface area contributed by atoms with Crippen LogP contribution in [0.3, 0.4) is 0 Å². The van der Waals surface area contributed by atoms with E-state index in [0.29, 0.717) is 0 Å². The predicted octanol–water partition coefficient (Wildman–Crippen LogP) is 3.84. The standard InChI is InChI=1S/C22H28N2O3/c1-5-20(17-10-12-19(27-4)13-11-17)24-22(26)14-21(23-16(3)25)18-8-6-15(2)7-9-18/h6-13,20-21H,5,14H2,1-4H3,(H,23,25)(H,24,26). The van der Waals surface area contributed by atoms with Crippen molar-refractivity contribution in [3.05, 3.63) is 65.2 Å². The lowest BCUT2D eigenvalue weighted by molar-refractivity contribution is -0.123. The number of nitrogens with one attached hydrogen (secondary N) is 2. The Labute approximate surface area is 161 Å². The highest BCUT2D eigenvalue weighted by atomic mass is 16.5. The second-order valence-corrected chi connectivity index (χ2v) is 6.67. The van der Waals surface area contributed by atoms with E-state index in [0.717, 1.165) is 28.9 Å². The average molecular weight is 368 g/mol. The Morgan fingerprint density at radius 2 is 1.48 bits per heavy atom. The summed E-state index contributed by atoms with van der Waals surface area (Å²) in [6.07, 6.45) is 0.961. The number of aryl methyl sites for hydroxylation is 1. The van der Waals surface area contributed by atoms with Crippen LogP contribution < -0.4 is 15.4 Å². The van der Waals surface area contributed by atoms with E-state index in [1.54, 1.807) is 7.11 Å². The van der Waals surface area contributed by atoms with Gasteiger partial charge < -0.3 is 15.4 Å². The molecule has 0 fully saturated rings. The molecule has 5 nitrogen and oxygen atoms in total. The fraction of sp³-hybridized carbons (Fsp3) is 0.364. The lowest BCUT2D eigenvalue weighted by Gasteiger charge is -2.22. The Hall–Kier alpha value is -2.82. The summed E-state index contributed by atoms with van der Waals surface area (Å²) >= 11 is 0. The summed E-state index contributed by atoms with van der Waals surface area (Å²) in [4.78, 5) is 24.2. The fourth-order valence-electron chi connectivity index (χ4n) is 2.99. The maximum Gasteiger partial charge on any atom is 0.222 e. The first-order valence-electron chi connectivity index (χ1n) is 9.20. The van der Waals surface area contributed by atoms with Crippen molar-refractivity contribution in [1.29, 1.82) is 0 Å². The maximum atomic E-state index is 12.7. The highest BCUT2D eigenvalue weighted by Crippen LogP contribution is 2.22. The summed E-state index contributed by atoms with van der Waals surface area (Å²) in [6.45, 7) is 5.50. The van der Waals surface area contributed by atoms with E-state index in [1.807, 2.05) is 62.4 Å². The zero-order valence-electron chi connectivity index (χ0n) is 16.4. The zero-order chi connectivity index (χ0) is 19.8. The molecule has 0 radical (unpaired) electrons. The Balaban J connectivity index is 2.08. The van der Waals surface area contributed by atoms with Crippen molar-refractivity contribution in [2.24, 2.45) is 0 Å². The smallest absolute Gasteiger partial charge is 0.222 e. The quantitative estimate of drug-likeness (QED) is 0.744. The zero-order valence-corrected chi connectivity index (χ0v) is 16.4. The first-order chi connectivity index (χ1) is 12.9. The minimum absolute atomic E-state index is 0.0839. The lowest BCUT2D eigenvalue weighted by Crippen LogP contribution is -2.34. The van der Waals surface area contributed by atoms with Gasteiger partial charge in [0.1, 0.15) is 5.75 Å². The van der Waals surface area contributed by atoms with Crippen molar-refractivity contribution < 1.29 is 14.3 Å². The topological polar surface area (TPSA) is 67.4 Å². The number of benzene rings is 2. The molecule has 2 rings (SSSR count). The van der Waals surface area contributed by atoms with Gasteiger partial charge in [-0.25, -0.2) is 0 Å². The molecule has 5 heteroatoms. The van der Waals surface area contributed by atoms with E-state index in [1.165, 1.54) is 6.92 Å². The Morgan fingerprint density at radius 3 is 2.00 bits per heavy atom. The van der Waals surface area contributed by atoms with Crippen LogP contribution in [0.25, 0.3) is 0 Å². The van der Waals surface area contributed by atoms with Crippen molar-refractivity contribution in [3.8, 4) is 5.75 Å². The molecule has 0 aliphatic heterocycles. The summed E-state index contributed by atoms with van der Waals surface area (Å²) in [5, 5.41) is 5.95. The molecular weight excluding hydrogens is 340 g/mol. The number of carbonyl (C=O) groups is 2. The van der Waals surface area contributed by atoms with Gasteiger partial charge >= 0.3 is 0 Å². The first kappa shape index (κ1) is 20.5. The number of rotatable bonds is 8. The molecule has 0 saturated heterocycles. The third kappa shape index (κ3) is 6.13. The minimum atomic E-state index is -0.350. The Morgan fingerprint density at radius 1 is 0.926 bits per heavy atom. The molecule has 2 unspecified atom stereocenters. The summed E-state index contributed by atoms with van der Waals surface area (Å²) in [5.74, 6) is 0.526. The molecule has 0 heterocycles. The van der Waals surface area contributed by atoms with Crippen LogP contribution in [0.15, 0.2) is 48.5 Å². The van der Waals surface area contributed by atoms with Gasteiger partial charge in [0.2, 0.25) is 11.8 Å². The number of methoxy groups -OCH3 is 1. The van der Waals surface area contributed by atoms with E-state index in [9.17, 15) is 9.59 Å². The van der Waals surface area contributed by atoms with Gasteiger partial charge in [-0.05, 0) is 36.6 Å². The Bertz CT molecular complexity index is 754. The second-order valence-electron chi connectivity index (χ2n) is 6.67. The SMILES string of the molecule is CCC(NC(=O)CC(NC(C)=O)c1ccc(C)cc1)c1ccc(OC)cc1. The van der Waals surface area contributed by atoms with Gasteiger partial charge in [0.05, 0.1) is 25.6 Å². The molecule has 2 atom stereocenters. The monoisotopic (exact) mass is 368 g/mol. The Kier molecular flexibility index (Phi) is 7.41. The van der Waals surface area contributed by atoms with E-state index < -0.39 is 0 Å². The van der Waals surface area contributed by atoms with Crippen molar-refractivity contribution in [2.75, 3.05) is 7.11 Å². The van der Waals surface area contributed by atoms with Gasteiger partial charge in [0, 0.05) is 6.92 Å². The lowest BCUT2D eigenvalue weighted by atomic mass is 10.0. The molecule has 0 saturated carbocycles. The van der Waals surface area contributed by atoms with E-state index in [2.05, 4.69) is 10.6 Å². The average Bonchev–Trinajstić information content (AvgIpc) is 2.66. The van der Waals surface area contributed by atoms with Crippen LogP contribution >= 0.6 is 0 Å². The van der Waals surface area contributed by atoms with E-state index >= 15 is 0 Å². The van der Waals surface area contributed by atoms with Gasteiger partial charge in [-0.2, -0.15) is 0 Å². The molecule has 144 valence electrons. The van der Waals surface area contributed by atoms with Crippen molar-refractivity contribution in [3.63, 3.8) is 0 Å². The molecule has 2 amide bonds. The molecule has 2 aromatic rings. The third-order valence-electron chi connectivity index (χ3n) is 4.51. The normalized spacial score (nSPS) is 12.7. The highest BCUT2D eigenvalue weighted by Gasteiger charge is 2.19. The number of hydrogen-bond acceptors (Lipinski definition) is 3. The fourth-order valence-corrected chi connectivity index (χ4v) is 2.99. The predicted molar refractivity (Wildman–Crippen MR) is 107 cm³/mol. The molecule has 27 heavy (non-hydrogen) atoms. The van der Waals surface area contributed by atoms with Crippen LogP contribution in [0, 0.1) is 6.92 Å². The van der Waals surface area contributed by atoms with E-state index in [-0.39, 0.29) is 30.3 Å². The van der Waals surface area contributed by atoms with Crippen LogP contribution in [0.4, 0.5) is 0 Å². The molecule has 2 N–H and O–H groups in total. The molecule has 0 aromatic heterocycles. The highest BCUT2D eigenvalue weighted by molar-refractivity contribution is 5.79. The minimum Gasteiger partial charge on any atom is -0.497 e. The summed E-state index contributed by atoms with van der Waals surface area (Å²) in [5.41, 5.74) is 3.08. The van der Waals surface area contributed by atoms with Crippen molar-refractivity contribution in [2.45, 2.75) is 45.7 Å². The molecule has 2 aromatic carbocycles. The third-order valence-corrected chi connectivity index (χ3v) is 4.51. The van der Waals surface area contributed by atoms with E-state index in [4.69, 9.17) is 4.74 Å². The summed E-state index contributed by atoms with van der Waals surface area (Å²) in [6, 6.07) is 15.1. The van der Waals surface area contributed by atoms with Crippen LogP contribution in [0.5, 0.6) is 5.75 Å². The van der Waals surface area contributed by atoms with Gasteiger partial charge in [-0.1, -0.05) is 48.9 Å². The van der Waals surface area contributed by atoms with Crippen LogP contribution in [-0.2, 0) is 9.59 Å². The van der Waals surface area contributed by atoms with Gasteiger partial charge in [0.25, 0.3) is 0 Å². The molecule has 0 spiro atoms. The second kappa shape index (κ2) is 9.76. The van der Waals surface area contributed by atoms with Gasteiger partial charge in [-0.3, -0.25) is 9.59 Å². The van der Waals surface area contributed by atoms with Crippen LogP contribution in [0.2, 0.25) is 0 Å². The molecule has 0 aliphatic carbocycles. The van der Waals surface area contributed by atoms with Gasteiger partial charge in [-0.15, -0.1) is 0 Å². The molecular formula is C22H28N2O3. The number of amides is 2. The van der Waals surface area contributed by atoms with Crippen molar-refractivity contribution >= 4 is 11.8 Å². The largest absolute Gasteiger partial charge is 0.497 e. The summed E-state index contributed by atoms with van der Waals surface area (Å²) < 4.78 is 5.18. The number of hydrogen-bond donors (Lipinski definition) is 2. The number of carbonyl (C=O) groups excluding carboxylic acids is 2. The maximum absolute atomic E-state index is 12.7. The first-order valence-corrected chi connectivity index (χ1v) is 9.20. The summed E-state index contributed by atoms with van der Waals surface area (Å²) in [7, 11) is 1.63. The van der Waals surface area contributed by atoms with Crippen LogP contribution in [0.1, 0.15) is 55.5 Å². The number of ether oxygens (including phenoxy) is 1. The van der Waals surface area contributed by atoms with Crippen LogP contribution in [-0.4, -0.2) is 18.9 Å².